The highest BCUT2D eigenvalue weighted by molar-refractivity contribution is 6.26. The lowest BCUT2D eigenvalue weighted by Crippen LogP contribution is -2.12. The van der Waals surface area contributed by atoms with Gasteiger partial charge in [0.05, 0.1) is 6.61 Å². The molecule has 2 aliphatic heterocycles. The molecule has 0 unspecified atom stereocenters. The fourth-order valence-electron chi connectivity index (χ4n) is 3.45. The van der Waals surface area contributed by atoms with Crippen LogP contribution in [0.25, 0.3) is 6.08 Å². The molecule has 0 aromatic heterocycles. The molecule has 7 nitrogen and oxygen atoms in total. The lowest BCUT2D eigenvalue weighted by atomic mass is 10.0. The summed E-state index contributed by atoms with van der Waals surface area (Å²) in [6.45, 7) is 4.29. The molecule has 2 heterocycles. The first-order chi connectivity index (χ1) is 14.5. The third-order valence-electron chi connectivity index (χ3n) is 4.75. The minimum atomic E-state index is -1.36. The van der Waals surface area contributed by atoms with Gasteiger partial charge in [-0.25, -0.2) is 4.79 Å². The van der Waals surface area contributed by atoms with Crippen molar-refractivity contribution in [1.29, 1.82) is 0 Å². The van der Waals surface area contributed by atoms with Crippen molar-refractivity contribution in [2.75, 3.05) is 11.9 Å². The van der Waals surface area contributed by atoms with Gasteiger partial charge in [0.2, 0.25) is 11.7 Å². The Morgan fingerprint density at radius 3 is 2.77 bits per heavy atom. The lowest BCUT2D eigenvalue weighted by Gasteiger charge is -2.11. The van der Waals surface area contributed by atoms with Gasteiger partial charge in [-0.05, 0) is 44.2 Å². The number of carbonyl (C=O) groups excluding carboxylic acids is 1. The monoisotopic (exact) mass is 407 g/mol. The number of allylic oxidation sites excluding steroid dienone is 1. The Hall–Kier alpha value is -3.74. The van der Waals surface area contributed by atoms with E-state index in [1.54, 1.807) is 30.3 Å². The van der Waals surface area contributed by atoms with Crippen LogP contribution in [0.15, 0.2) is 59.7 Å². The summed E-state index contributed by atoms with van der Waals surface area (Å²) in [6.07, 6.45) is 2.32. The SMILES string of the molecule is CCOc1cc2c(cc1/C=C1\OC(Nc3ccccc3)=C(C(=O)O)C1=O)O[C@H](C)C2. The number of ketones is 1. The number of hydrogen-bond donors (Lipinski definition) is 2. The molecule has 0 amide bonds. The summed E-state index contributed by atoms with van der Waals surface area (Å²) in [5.74, 6) is -0.987. The number of benzene rings is 2. The van der Waals surface area contributed by atoms with Crippen LogP contribution in [0.5, 0.6) is 11.5 Å². The van der Waals surface area contributed by atoms with Crippen LogP contribution >= 0.6 is 0 Å². The molecule has 2 aromatic rings. The largest absolute Gasteiger partial charge is 0.493 e. The molecule has 0 radical (unpaired) electrons. The molecule has 2 aliphatic rings. The van der Waals surface area contributed by atoms with Gasteiger partial charge in [-0.1, -0.05) is 18.2 Å². The van der Waals surface area contributed by atoms with Crippen molar-refractivity contribution in [2.45, 2.75) is 26.4 Å². The third-order valence-corrected chi connectivity index (χ3v) is 4.75. The molecule has 2 aromatic carbocycles. The van der Waals surface area contributed by atoms with Crippen molar-refractivity contribution in [3.8, 4) is 11.5 Å². The van der Waals surface area contributed by atoms with E-state index in [0.717, 1.165) is 17.7 Å². The van der Waals surface area contributed by atoms with Crippen LogP contribution in [-0.4, -0.2) is 29.6 Å². The molecule has 0 saturated carbocycles. The highest BCUT2D eigenvalue weighted by Gasteiger charge is 2.36. The topological polar surface area (TPSA) is 94.1 Å². The first-order valence-electron chi connectivity index (χ1n) is 9.66. The van der Waals surface area contributed by atoms with Crippen LogP contribution in [0.4, 0.5) is 5.69 Å². The number of nitrogens with one attached hydrogen (secondary N) is 1. The molecule has 0 saturated heterocycles. The van der Waals surface area contributed by atoms with E-state index in [1.807, 2.05) is 26.0 Å². The summed E-state index contributed by atoms with van der Waals surface area (Å²) >= 11 is 0. The number of para-hydroxylation sites is 1. The van der Waals surface area contributed by atoms with Crippen molar-refractivity contribution < 1.29 is 28.9 Å². The van der Waals surface area contributed by atoms with Gasteiger partial charge < -0.3 is 24.6 Å². The zero-order valence-electron chi connectivity index (χ0n) is 16.6. The summed E-state index contributed by atoms with van der Waals surface area (Å²) < 4.78 is 17.2. The highest BCUT2D eigenvalue weighted by atomic mass is 16.5. The number of aliphatic carboxylic acids is 1. The zero-order valence-corrected chi connectivity index (χ0v) is 16.6. The van der Waals surface area contributed by atoms with Gasteiger partial charge >= 0.3 is 5.97 Å². The predicted octanol–water partition coefficient (Wildman–Crippen LogP) is 3.76. The fourth-order valence-corrected chi connectivity index (χ4v) is 3.45. The summed E-state index contributed by atoms with van der Waals surface area (Å²) in [6, 6.07) is 12.6. The van der Waals surface area contributed by atoms with E-state index in [1.165, 1.54) is 6.08 Å². The van der Waals surface area contributed by atoms with Crippen molar-refractivity contribution in [2.24, 2.45) is 0 Å². The number of anilines is 1. The Morgan fingerprint density at radius 1 is 1.30 bits per heavy atom. The Morgan fingerprint density at radius 2 is 2.07 bits per heavy atom. The first-order valence-corrected chi connectivity index (χ1v) is 9.66. The molecule has 4 rings (SSSR count). The van der Waals surface area contributed by atoms with Gasteiger partial charge in [0.1, 0.15) is 17.6 Å². The minimum Gasteiger partial charge on any atom is -0.493 e. The number of hydrogen-bond acceptors (Lipinski definition) is 6. The van der Waals surface area contributed by atoms with E-state index in [9.17, 15) is 14.7 Å². The molecule has 1 atom stereocenters. The van der Waals surface area contributed by atoms with E-state index < -0.39 is 17.3 Å². The van der Waals surface area contributed by atoms with Crippen LogP contribution in [0.1, 0.15) is 25.0 Å². The van der Waals surface area contributed by atoms with Crippen molar-refractivity contribution in [3.05, 3.63) is 70.8 Å². The van der Waals surface area contributed by atoms with E-state index in [-0.39, 0.29) is 17.7 Å². The van der Waals surface area contributed by atoms with Crippen LogP contribution in [0.3, 0.4) is 0 Å². The van der Waals surface area contributed by atoms with Gasteiger partial charge in [-0.15, -0.1) is 0 Å². The van der Waals surface area contributed by atoms with Crippen molar-refractivity contribution >= 4 is 23.5 Å². The van der Waals surface area contributed by atoms with E-state index in [2.05, 4.69) is 5.32 Å². The van der Waals surface area contributed by atoms with E-state index >= 15 is 0 Å². The normalized spacial score (nSPS) is 18.8. The summed E-state index contributed by atoms with van der Waals surface area (Å²) in [4.78, 5) is 24.5. The number of carboxylic acid groups (broad SMARTS) is 1. The van der Waals surface area contributed by atoms with Crippen LogP contribution in [-0.2, 0) is 20.7 Å². The molecule has 0 fully saturated rings. The van der Waals surface area contributed by atoms with Crippen LogP contribution in [0.2, 0.25) is 0 Å². The number of carboxylic acids is 1. The molecule has 7 heteroatoms. The van der Waals surface area contributed by atoms with Gasteiger partial charge in [-0.2, -0.15) is 0 Å². The van der Waals surface area contributed by atoms with E-state index in [0.29, 0.717) is 23.6 Å². The summed E-state index contributed by atoms with van der Waals surface area (Å²) in [5, 5.41) is 12.4. The molecular weight excluding hydrogens is 386 g/mol. The standard InChI is InChI=1S/C23H21NO6/c1-3-28-17-10-14-9-13(2)29-18(14)11-15(17)12-19-21(25)20(23(26)27)22(30-19)24-16-7-5-4-6-8-16/h4-8,10-13,24H,3,9H2,1-2H3,(H,26,27)/b19-12-/t13-/m1/s1. The number of carbonyl (C=O) groups is 2. The van der Waals surface area contributed by atoms with Crippen LogP contribution in [0, 0.1) is 0 Å². The van der Waals surface area contributed by atoms with Gasteiger partial charge in [0.15, 0.2) is 11.3 Å². The van der Waals surface area contributed by atoms with E-state index in [4.69, 9.17) is 14.2 Å². The van der Waals surface area contributed by atoms with Gasteiger partial charge in [0.25, 0.3) is 0 Å². The molecule has 0 bridgehead atoms. The third kappa shape index (κ3) is 3.74. The maximum atomic E-state index is 12.8. The summed E-state index contributed by atoms with van der Waals surface area (Å²) in [7, 11) is 0. The van der Waals surface area contributed by atoms with Gasteiger partial charge in [0, 0.05) is 23.2 Å². The highest BCUT2D eigenvalue weighted by Crippen LogP contribution is 2.37. The van der Waals surface area contributed by atoms with Crippen LogP contribution < -0.4 is 14.8 Å². The Bertz CT molecular complexity index is 1070. The maximum absolute atomic E-state index is 12.8. The second-order valence-electron chi connectivity index (χ2n) is 7.00. The Labute approximate surface area is 173 Å². The maximum Gasteiger partial charge on any atom is 0.345 e. The molecule has 2 N–H and O–H groups in total. The Balaban J connectivity index is 1.69. The number of fused-ring (bicyclic) bond motifs is 1. The molecule has 154 valence electrons. The lowest BCUT2D eigenvalue weighted by molar-refractivity contribution is -0.134. The molecule has 0 aliphatic carbocycles. The average molecular weight is 407 g/mol. The quantitative estimate of drug-likeness (QED) is 0.556. The average Bonchev–Trinajstić information content (AvgIpc) is 3.21. The number of Topliss-reactive ketones (excluding diaryl/α,β-unsaturated/α-hetero) is 1. The second-order valence-corrected chi connectivity index (χ2v) is 7.00. The fraction of sp³-hybridized carbons (Fsp3) is 0.217. The summed E-state index contributed by atoms with van der Waals surface area (Å²) in [5.41, 5.74) is 1.77. The minimum absolute atomic E-state index is 0.0590. The smallest absolute Gasteiger partial charge is 0.345 e. The van der Waals surface area contributed by atoms with Crippen molar-refractivity contribution in [3.63, 3.8) is 0 Å². The number of rotatable bonds is 6. The number of ether oxygens (including phenoxy) is 3. The molecule has 30 heavy (non-hydrogen) atoms. The van der Waals surface area contributed by atoms with Crippen molar-refractivity contribution in [1.82, 2.24) is 0 Å². The molecule has 0 spiro atoms. The molecular formula is C23H21NO6. The predicted molar refractivity (Wildman–Crippen MR) is 110 cm³/mol. The zero-order chi connectivity index (χ0) is 21.3. The Kier molecular flexibility index (Phi) is 5.18. The van der Waals surface area contributed by atoms with Gasteiger partial charge in [-0.3, -0.25) is 4.79 Å². The first kappa shape index (κ1) is 19.6. The second kappa shape index (κ2) is 7.94.